The molecule has 2 N–H and O–H groups in total. The molecule has 0 amide bonds. The summed E-state index contributed by atoms with van der Waals surface area (Å²) in [5, 5.41) is 0. The minimum atomic E-state index is 0.00130. The van der Waals surface area contributed by atoms with Gasteiger partial charge < -0.3 is 4.79 Å². The second-order valence-corrected chi connectivity index (χ2v) is 4.63. The molecule has 16 heavy (non-hydrogen) atoms. The van der Waals surface area contributed by atoms with Crippen LogP contribution in [0.2, 0.25) is 0 Å². The summed E-state index contributed by atoms with van der Waals surface area (Å²) in [6, 6.07) is 6.63. The first kappa shape index (κ1) is 11.3. The molecule has 3 heteroatoms. The Morgan fingerprint density at radius 2 is 2.00 bits per heavy atom. The number of benzene rings is 1. The lowest BCUT2D eigenvalue weighted by Gasteiger charge is -2.18. The van der Waals surface area contributed by atoms with Gasteiger partial charge in [0, 0.05) is 6.04 Å². The van der Waals surface area contributed by atoms with Gasteiger partial charge in [0.25, 0.3) is 0 Å². The highest BCUT2D eigenvalue weighted by molar-refractivity contribution is 5.58. The molecular weight excluding hydrogens is 200 g/mol. The largest absolute Gasteiger partial charge is 0.303 e. The Morgan fingerprint density at radius 3 is 2.62 bits per heavy atom. The summed E-state index contributed by atoms with van der Waals surface area (Å²) in [5.41, 5.74) is 10.0. The van der Waals surface area contributed by atoms with Crippen LogP contribution >= 0.6 is 0 Å². The maximum atomic E-state index is 11.1. The van der Waals surface area contributed by atoms with Gasteiger partial charge in [0.2, 0.25) is 0 Å². The summed E-state index contributed by atoms with van der Waals surface area (Å²) in [6.07, 6.45) is 1.04. The summed E-state index contributed by atoms with van der Waals surface area (Å²) in [4.78, 5) is 11.1. The maximum absolute atomic E-state index is 11.1. The van der Waals surface area contributed by atoms with Crippen LogP contribution in [-0.2, 0) is 4.79 Å². The highest BCUT2D eigenvalue weighted by Crippen LogP contribution is 2.29. The monoisotopic (exact) mass is 218 g/mol. The fourth-order valence-electron chi connectivity index (χ4n) is 2.36. The van der Waals surface area contributed by atoms with Crippen LogP contribution in [0.25, 0.3) is 0 Å². The highest BCUT2D eigenvalue weighted by atomic mass is 16.1. The standard InChI is InChI=1S/C13H18N2O/c1-8-4-5-11(9(2)6-8)13-12(7-16)10(3)14-15-13/h4-7,10,12-15H,1-3H3. The molecule has 0 bridgehead atoms. The minimum absolute atomic E-state index is 0.00130. The SMILES string of the molecule is Cc1ccc(C2NNC(C)C2C=O)c(C)c1. The number of carbonyl (C=O) groups excluding carboxylic acids is 1. The van der Waals surface area contributed by atoms with Crippen LogP contribution < -0.4 is 10.9 Å². The molecule has 0 saturated carbocycles. The van der Waals surface area contributed by atoms with E-state index >= 15 is 0 Å². The van der Waals surface area contributed by atoms with Crippen molar-refractivity contribution in [1.29, 1.82) is 0 Å². The van der Waals surface area contributed by atoms with E-state index in [2.05, 4.69) is 42.9 Å². The number of aldehydes is 1. The van der Waals surface area contributed by atoms with Gasteiger partial charge in [-0.15, -0.1) is 0 Å². The fourth-order valence-corrected chi connectivity index (χ4v) is 2.36. The van der Waals surface area contributed by atoms with Crippen molar-refractivity contribution in [3.05, 3.63) is 34.9 Å². The summed E-state index contributed by atoms with van der Waals surface area (Å²) in [7, 11) is 0. The molecule has 3 unspecified atom stereocenters. The van der Waals surface area contributed by atoms with Gasteiger partial charge in [-0.1, -0.05) is 23.8 Å². The second-order valence-electron chi connectivity index (χ2n) is 4.63. The van der Waals surface area contributed by atoms with Crippen LogP contribution in [0.1, 0.15) is 29.7 Å². The van der Waals surface area contributed by atoms with Gasteiger partial charge in [-0.2, -0.15) is 0 Å². The number of rotatable bonds is 2. The molecule has 0 radical (unpaired) electrons. The molecule has 1 aromatic carbocycles. The Kier molecular flexibility index (Phi) is 3.08. The third-order valence-corrected chi connectivity index (χ3v) is 3.35. The molecule has 1 aliphatic heterocycles. The average Bonchev–Trinajstić information content (AvgIpc) is 2.59. The predicted molar refractivity (Wildman–Crippen MR) is 63.9 cm³/mol. The Labute approximate surface area is 96.2 Å². The maximum Gasteiger partial charge on any atom is 0.126 e. The zero-order valence-corrected chi connectivity index (χ0v) is 9.95. The Hall–Kier alpha value is -1.19. The van der Waals surface area contributed by atoms with E-state index < -0.39 is 0 Å². The lowest BCUT2D eigenvalue weighted by molar-refractivity contribution is -0.111. The minimum Gasteiger partial charge on any atom is -0.303 e. The zero-order valence-electron chi connectivity index (χ0n) is 9.95. The van der Waals surface area contributed by atoms with Crippen molar-refractivity contribution in [1.82, 2.24) is 10.9 Å². The van der Waals surface area contributed by atoms with Gasteiger partial charge in [0.15, 0.2) is 0 Å². The number of hydrazine groups is 1. The van der Waals surface area contributed by atoms with Crippen LogP contribution in [0.3, 0.4) is 0 Å². The van der Waals surface area contributed by atoms with Crippen molar-refractivity contribution in [3.8, 4) is 0 Å². The Balaban J connectivity index is 2.33. The highest BCUT2D eigenvalue weighted by Gasteiger charge is 2.34. The molecule has 0 aromatic heterocycles. The number of hydrogen-bond donors (Lipinski definition) is 2. The smallest absolute Gasteiger partial charge is 0.126 e. The van der Waals surface area contributed by atoms with E-state index in [1.807, 2.05) is 6.92 Å². The quantitative estimate of drug-likeness (QED) is 0.742. The molecule has 0 aliphatic carbocycles. The van der Waals surface area contributed by atoms with Crippen molar-refractivity contribution < 1.29 is 4.79 Å². The normalized spacial score (nSPS) is 29.3. The molecule has 1 aromatic rings. The molecular formula is C13H18N2O. The van der Waals surface area contributed by atoms with Crippen molar-refractivity contribution in [2.75, 3.05) is 0 Å². The van der Waals surface area contributed by atoms with Gasteiger partial charge in [-0.25, -0.2) is 5.43 Å². The lowest BCUT2D eigenvalue weighted by atomic mass is 9.89. The van der Waals surface area contributed by atoms with Crippen molar-refractivity contribution in [2.24, 2.45) is 5.92 Å². The van der Waals surface area contributed by atoms with Gasteiger partial charge in [-0.05, 0) is 31.9 Å². The van der Waals surface area contributed by atoms with E-state index in [0.29, 0.717) is 0 Å². The van der Waals surface area contributed by atoms with Crippen LogP contribution in [0.5, 0.6) is 0 Å². The molecule has 1 fully saturated rings. The summed E-state index contributed by atoms with van der Waals surface area (Å²) in [5.74, 6) is 0.00130. The van der Waals surface area contributed by atoms with Gasteiger partial charge >= 0.3 is 0 Å². The van der Waals surface area contributed by atoms with E-state index in [0.717, 1.165) is 6.29 Å². The number of aryl methyl sites for hydroxylation is 2. The van der Waals surface area contributed by atoms with Crippen LogP contribution in [-0.4, -0.2) is 12.3 Å². The summed E-state index contributed by atoms with van der Waals surface area (Å²) in [6.45, 7) is 6.20. The Bertz CT molecular complexity index is 403. The third kappa shape index (κ3) is 1.88. The first-order chi connectivity index (χ1) is 7.63. The van der Waals surface area contributed by atoms with Gasteiger partial charge in [0.05, 0.1) is 12.0 Å². The number of hydrogen-bond acceptors (Lipinski definition) is 3. The van der Waals surface area contributed by atoms with Crippen molar-refractivity contribution in [2.45, 2.75) is 32.9 Å². The zero-order chi connectivity index (χ0) is 11.7. The van der Waals surface area contributed by atoms with Gasteiger partial charge in [0.1, 0.15) is 6.29 Å². The van der Waals surface area contributed by atoms with Crippen LogP contribution in [0.15, 0.2) is 18.2 Å². The summed E-state index contributed by atoms with van der Waals surface area (Å²) >= 11 is 0. The molecule has 3 atom stereocenters. The van der Waals surface area contributed by atoms with Crippen LogP contribution in [0, 0.1) is 19.8 Å². The van der Waals surface area contributed by atoms with E-state index in [4.69, 9.17) is 0 Å². The van der Waals surface area contributed by atoms with E-state index in [9.17, 15) is 4.79 Å². The number of carbonyl (C=O) groups is 1. The third-order valence-electron chi connectivity index (χ3n) is 3.35. The molecule has 3 nitrogen and oxygen atoms in total. The van der Waals surface area contributed by atoms with Crippen molar-refractivity contribution in [3.63, 3.8) is 0 Å². The average molecular weight is 218 g/mol. The number of nitrogens with one attached hydrogen (secondary N) is 2. The van der Waals surface area contributed by atoms with E-state index in [-0.39, 0.29) is 18.0 Å². The van der Waals surface area contributed by atoms with E-state index in [1.165, 1.54) is 16.7 Å². The summed E-state index contributed by atoms with van der Waals surface area (Å²) < 4.78 is 0. The first-order valence-electron chi connectivity index (χ1n) is 5.67. The Morgan fingerprint density at radius 1 is 1.25 bits per heavy atom. The molecule has 86 valence electrons. The van der Waals surface area contributed by atoms with E-state index in [1.54, 1.807) is 0 Å². The molecule has 0 spiro atoms. The van der Waals surface area contributed by atoms with Gasteiger partial charge in [-0.3, -0.25) is 5.43 Å². The second kappa shape index (κ2) is 4.36. The molecule has 1 aliphatic rings. The molecule has 1 saturated heterocycles. The van der Waals surface area contributed by atoms with Crippen LogP contribution in [0.4, 0.5) is 0 Å². The topological polar surface area (TPSA) is 41.1 Å². The fraction of sp³-hybridized carbons (Fsp3) is 0.462. The molecule has 1 heterocycles. The molecule has 2 rings (SSSR count). The first-order valence-corrected chi connectivity index (χ1v) is 5.67. The predicted octanol–water partition coefficient (Wildman–Crippen LogP) is 1.66. The van der Waals surface area contributed by atoms with Crippen molar-refractivity contribution >= 4 is 6.29 Å². The lowest BCUT2D eigenvalue weighted by Crippen LogP contribution is -2.29.